The Morgan fingerprint density at radius 2 is 1.78 bits per heavy atom. The minimum absolute atomic E-state index is 0.0493. The molecule has 0 radical (unpaired) electrons. The van der Waals surface area contributed by atoms with Gasteiger partial charge in [0.15, 0.2) is 11.6 Å². The zero-order valence-corrected chi connectivity index (χ0v) is 11.4. The predicted molar refractivity (Wildman–Crippen MR) is 70.5 cm³/mol. The molecule has 0 spiro atoms. The molecule has 0 bridgehead atoms. The van der Waals surface area contributed by atoms with Crippen LogP contribution in [0.4, 0.5) is 8.78 Å². The topological polar surface area (TPSA) is 9.23 Å². The van der Waals surface area contributed by atoms with Gasteiger partial charge in [0.25, 0.3) is 0 Å². The first-order valence-electron chi connectivity index (χ1n) is 5.07. The second-order valence-electron chi connectivity index (χ2n) is 3.58. The maximum absolute atomic E-state index is 13.7. The molecule has 0 saturated carbocycles. The molecule has 94 valence electrons. The van der Waals surface area contributed by atoms with Crippen LogP contribution in [0.25, 0.3) is 0 Å². The highest BCUT2D eigenvalue weighted by Gasteiger charge is 2.09. The van der Waals surface area contributed by atoms with E-state index in [1.54, 1.807) is 6.07 Å². The van der Waals surface area contributed by atoms with Gasteiger partial charge in [-0.05, 0) is 35.9 Å². The Morgan fingerprint density at radius 3 is 2.39 bits per heavy atom. The monoisotopic (exact) mass is 332 g/mol. The van der Waals surface area contributed by atoms with Crippen LogP contribution in [0.1, 0.15) is 5.56 Å². The molecule has 0 heterocycles. The van der Waals surface area contributed by atoms with Crippen molar-refractivity contribution < 1.29 is 13.5 Å². The second-order valence-corrected chi connectivity index (χ2v) is 4.54. The molecule has 0 aliphatic carbocycles. The Morgan fingerprint density at radius 1 is 1.06 bits per heavy atom. The predicted octanol–water partition coefficient (Wildman–Crippen LogP) is 5.31. The molecule has 5 heteroatoms. The van der Waals surface area contributed by atoms with Gasteiger partial charge in [-0.2, -0.15) is 0 Å². The van der Waals surface area contributed by atoms with Crippen LogP contribution in [-0.4, -0.2) is 0 Å². The SMILES string of the molecule is Fc1ccc(Oc2ccc(CBr)cc2F)c(Cl)c1. The van der Waals surface area contributed by atoms with Crippen molar-refractivity contribution in [2.45, 2.75) is 5.33 Å². The van der Waals surface area contributed by atoms with Gasteiger partial charge in [-0.1, -0.05) is 33.6 Å². The summed E-state index contributed by atoms with van der Waals surface area (Å²) >= 11 is 9.03. The molecule has 2 rings (SSSR count). The average Bonchev–Trinajstić information content (AvgIpc) is 2.34. The van der Waals surface area contributed by atoms with E-state index in [1.165, 1.54) is 24.3 Å². The summed E-state index contributed by atoms with van der Waals surface area (Å²) in [7, 11) is 0. The summed E-state index contributed by atoms with van der Waals surface area (Å²) in [6, 6.07) is 8.26. The smallest absolute Gasteiger partial charge is 0.166 e. The van der Waals surface area contributed by atoms with E-state index in [1.807, 2.05) is 0 Å². The minimum Gasteiger partial charge on any atom is -0.453 e. The van der Waals surface area contributed by atoms with Gasteiger partial charge in [0.2, 0.25) is 0 Å². The Bertz CT molecular complexity index is 575. The molecule has 0 N–H and O–H groups in total. The molecule has 0 atom stereocenters. The highest BCUT2D eigenvalue weighted by Crippen LogP contribution is 2.31. The molecule has 0 fully saturated rings. The van der Waals surface area contributed by atoms with E-state index in [9.17, 15) is 8.78 Å². The minimum atomic E-state index is -0.493. The highest BCUT2D eigenvalue weighted by atomic mass is 79.9. The Balaban J connectivity index is 2.28. The van der Waals surface area contributed by atoms with Gasteiger partial charge in [0.1, 0.15) is 11.6 Å². The van der Waals surface area contributed by atoms with Crippen LogP contribution < -0.4 is 4.74 Å². The summed E-state index contributed by atoms with van der Waals surface area (Å²) in [5, 5.41) is 0.653. The molecule has 1 nitrogen and oxygen atoms in total. The molecule has 2 aromatic carbocycles. The summed E-state index contributed by atoms with van der Waals surface area (Å²) in [6.07, 6.45) is 0. The van der Waals surface area contributed by atoms with Gasteiger partial charge in [0.05, 0.1) is 5.02 Å². The van der Waals surface area contributed by atoms with Crippen molar-refractivity contribution in [3.8, 4) is 11.5 Å². The zero-order chi connectivity index (χ0) is 13.1. The summed E-state index contributed by atoms with van der Waals surface area (Å²) in [4.78, 5) is 0. The Hall–Kier alpha value is -1.13. The first kappa shape index (κ1) is 13.3. The number of rotatable bonds is 3. The van der Waals surface area contributed by atoms with Crippen LogP contribution in [0, 0.1) is 11.6 Å². The molecule has 0 aliphatic heterocycles. The molecular formula is C13H8BrClF2O. The van der Waals surface area contributed by atoms with Gasteiger partial charge >= 0.3 is 0 Å². The fourth-order valence-corrected chi connectivity index (χ4v) is 1.94. The molecule has 0 saturated heterocycles. The lowest BCUT2D eigenvalue weighted by Gasteiger charge is -2.09. The zero-order valence-electron chi connectivity index (χ0n) is 9.09. The van der Waals surface area contributed by atoms with Crippen molar-refractivity contribution in [3.63, 3.8) is 0 Å². The highest BCUT2D eigenvalue weighted by molar-refractivity contribution is 9.08. The van der Waals surface area contributed by atoms with Crippen LogP contribution in [0.5, 0.6) is 11.5 Å². The van der Waals surface area contributed by atoms with Gasteiger partial charge in [-0.25, -0.2) is 8.78 Å². The van der Waals surface area contributed by atoms with Crippen molar-refractivity contribution in [2.24, 2.45) is 0 Å². The number of benzene rings is 2. The van der Waals surface area contributed by atoms with E-state index in [4.69, 9.17) is 16.3 Å². The fraction of sp³-hybridized carbons (Fsp3) is 0.0769. The van der Waals surface area contributed by atoms with Gasteiger partial charge < -0.3 is 4.74 Å². The van der Waals surface area contributed by atoms with E-state index in [-0.39, 0.29) is 16.5 Å². The standard InChI is InChI=1S/C13H8BrClF2O/c14-7-8-1-3-13(11(17)5-8)18-12-4-2-9(16)6-10(12)15/h1-6H,7H2. The Kier molecular flexibility index (Phi) is 4.19. The van der Waals surface area contributed by atoms with E-state index in [0.717, 1.165) is 11.6 Å². The van der Waals surface area contributed by atoms with E-state index < -0.39 is 11.6 Å². The largest absolute Gasteiger partial charge is 0.453 e. The number of ether oxygens (including phenoxy) is 1. The Labute approximate surface area is 116 Å². The molecular weight excluding hydrogens is 325 g/mol. The van der Waals surface area contributed by atoms with Gasteiger partial charge in [-0.3, -0.25) is 0 Å². The summed E-state index contributed by atoms with van der Waals surface area (Å²) < 4.78 is 31.8. The molecule has 0 amide bonds. The quantitative estimate of drug-likeness (QED) is 0.692. The lowest BCUT2D eigenvalue weighted by Crippen LogP contribution is -1.91. The van der Waals surface area contributed by atoms with Crippen molar-refractivity contribution in [2.75, 3.05) is 0 Å². The molecule has 0 unspecified atom stereocenters. The molecule has 0 aliphatic rings. The number of hydrogen-bond donors (Lipinski definition) is 0. The normalized spacial score (nSPS) is 10.4. The maximum Gasteiger partial charge on any atom is 0.166 e. The summed E-state index contributed by atoms with van der Waals surface area (Å²) in [6.45, 7) is 0. The first-order valence-corrected chi connectivity index (χ1v) is 6.57. The van der Waals surface area contributed by atoms with Crippen molar-refractivity contribution >= 4 is 27.5 Å². The molecule has 0 aromatic heterocycles. The fourth-order valence-electron chi connectivity index (χ4n) is 1.39. The van der Waals surface area contributed by atoms with Crippen molar-refractivity contribution in [3.05, 3.63) is 58.6 Å². The van der Waals surface area contributed by atoms with E-state index in [2.05, 4.69) is 15.9 Å². The average molecular weight is 334 g/mol. The third-order valence-electron chi connectivity index (χ3n) is 2.26. The number of halogens is 4. The van der Waals surface area contributed by atoms with E-state index in [0.29, 0.717) is 5.33 Å². The van der Waals surface area contributed by atoms with Crippen molar-refractivity contribution in [1.29, 1.82) is 0 Å². The van der Waals surface area contributed by atoms with Crippen LogP contribution in [-0.2, 0) is 5.33 Å². The second kappa shape index (κ2) is 5.67. The van der Waals surface area contributed by atoms with Gasteiger partial charge in [-0.15, -0.1) is 0 Å². The summed E-state index contributed by atoms with van der Waals surface area (Å²) in [5.41, 5.74) is 0.796. The lowest BCUT2D eigenvalue weighted by molar-refractivity contribution is 0.441. The van der Waals surface area contributed by atoms with Crippen LogP contribution in [0.2, 0.25) is 5.02 Å². The van der Waals surface area contributed by atoms with E-state index >= 15 is 0 Å². The first-order chi connectivity index (χ1) is 8.60. The lowest BCUT2D eigenvalue weighted by atomic mass is 10.2. The third kappa shape index (κ3) is 3.00. The summed E-state index contributed by atoms with van der Waals surface area (Å²) in [5.74, 6) is -0.702. The molecule has 18 heavy (non-hydrogen) atoms. The van der Waals surface area contributed by atoms with Crippen LogP contribution in [0.3, 0.4) is 0 Å². The van der Waals surface area contributed by atoms with Gasteiger partial charge in [0, 0.05) is 5.33 Å². The van der Waals surface area contributed by atoms with Crippen LogP contribution >= 0.6 is 27.5 Å². The third-order valence-corrected chi connectivity index (χ3v) is 3.21. The number of hydrogen-bond acceptors (Lipinski definition) is 1. The molecule has 2 aromatic rings. The number of alkyl halides is 1. The maximum atomic E-state index is 13.7. The van der Waals surface area contributed by atoms with Crippen molar-refractivity contribution in [1.82, 2.24) is 0 Å². The van der Waals surface area contributed by atoms with Crippen LogP contribution in [0.15, 0.2) is 36.4 Å².